The van der Waals surface area contributed by atoms with Gasteiger partial charge in [-0.25, -0.2) is 0 Å². The Kier molecular flexibility index (Phi) is 9.57. The smallest absolute Gasteiger partial charge is 0.325 e. The first-order valence-electron chi connectivity index (χ1n) is 9.12. The van der Waals surface area contributed by atoms with Crippen molar-refractivity contribution >= 4 is 18.4 Å². The Morgan fingerprint density at radius 2 is 1.92 bits per heavy atom. The van der Waals surface area contributed by atoms with Crippen molar-refractivity contribution in [2.24, 2.45) is 23.5 Å². The van der Waals surface area contributed by atoms with Gasteiger partial charge in [-0.1, -0.05) is 39.5 Å². The summed E-state index contributed by atoms with van der Waals surface area (Å²) in [6.45, 7) is 7.66. The molecule has 0 aromatic carbocycles. The van der Waals surface area contributed by atoms with Crippen molar-refractivity contribution in [3.05, 3.63) is 0 Å². The minimum absolute atomic E-state index is 0. The Morgan fingerprint density at radius 1 is 1.25 bits per heavy atom. The third kappa shape index (κ3) is 6.51. The van der Waals surface area contributed by atoms with Crippen LogP contribution in [0.3, 0.4) is 0 Å². The van der Waals surface area contributed by atoms with Gasteiger partial charge in [-0.2, -0.15) is 0 Å². The molecule has 1 saturated carbocycles. The molecular weight excluding hydrogens is 330 g/mol. The third-order valence-corrected chi connectivity index (χ3v) is 4.89. The topological polar surface area (TPSA) is 70.8 Å². The molecular formula is C18H34ClNO4. The first kappa shape index (κ1) is 21.7. The maximum Gasteiger partial charge on any atom is 0.325 e. The number of esters is 1. The van der Waals surface area contributed by atoms with E-state index in [1.54, 1.807) is 0 Å². The molecule has 1 saturated heterocycles. The molecule has 2 fully saturated rings. The van der Waals surface area contributed by atoms with E-state index in [-0.39, 0.29) is 37.1 Å². The van der Waals surface area contributed by atoms with E-state index < -0.39 is 12.0 Å². The van der Waals surface area contributed by atoms with Crippen LogP contribution in [0.1, 0.15) is 52.9 Å². The van der Waals surface area contributed by atoms with E-state index >= 15 is 0 Å². The Hall–Kier alpha value is -0.360. The number of hydrogen-bond acceptors (Lipinski definition) is 5. The van der Waals surface area contributed by atoms with Crippen LogP contribution in [0.2, 0.25) is 0 Å². The van der Waals surface area contributed by atoms with Crippen LogP contribution >= 0.6 is 12.4 Å². The standard InChI is InChI=1S/C18H33NO4.ClH/c1-12(2)9-22-17-13(3)23-18(20)16(19)11-21-10-15(17)8-14-6-4-5-7-14;/h12-17H,4-11,19H2,1-3H3;1H/t13-,15-,16-,17-;/m0./s1. The molecule has 24 heavy (non-hydrogen) atoms. The lowest BCUT2D eigenvalue weighted by Crippen LogP contribution is -2.42. The predicted octanol–water partition coefficient (Wildman–Crippen LogP) is 2.94. The molecule has 2 N–H and O–H groups in total. The molecule has 0 aromatic rings. The van der Waals surface area contributed by atoms with Crippen molar-refractivity contribution in [1.82, 2.24) is 0 Å². The Labute approximate surface area is 152 Å². The zero-order valence-corrected chi connectivity index (χ0v) is 16.1. The Bertz CT molecular complexity index is 374. The molecule has 1 aliphatic carbocycles. The van der Waals surface area contributed by atoms with Crippen molar-refractivity contribution in [3.8, 4) is 0 Å². The summed E-state index contributed by atoms with van der Waals surface area (Å²) in [5, 5.41) is 0. The van der Waals surface area contributed by atoms with Gasteiger partial charge in [0.25, 0.3) is 0 Å². The zero-order chi connectivity index (χ0) is 16.8. The van der Waals surface area contributed by atoms with Crippen molar-refractivity contribution in [3.63, 3.8) is 0 Å². The minimum Gasteiger partial charge on any atom is -0.459 e. The van der Waals surface area contributed by atoms with E-state index in [4.69, 9.17) is 19.9 Å². The summed E-state index contributed by atoms with van der Waals surface area (Å²) < 4.78 is 17.4. The van der Waals surface area contributed by atoms with Crippen LogP contribution < -0.4 is 5.73 Å². The predicted molar refractivity (Wildman–Crippen MR) is 96.2 cm³/mol. The molecule has 0 unspecified atom stereocenters. The van der Waals surface area contributed by atoms with Gasteiger partial charge in [-0.15, -0.1) is 12.4 Å². The average molecular weight is 364 g/mol. The van der Waals surface area contributed by atoms with Gasteiger partial charge < -0.3 is 19.9 Å². The third-order valence-electron chi connectivity index (χ3n) is 4.89. The molecule has 4 atom stereocenters. The molecule has 2 rings (SSSR count). The normalized spacial score (nSPS) is 32.6. The van der Waals surface area contributed by atoms with Crippen LogP contribution in [-0.4, -0.2) is 44.0 Å². The zero-order valence-electron chi connectivity index (χ0n) is 15.2. The SMILES string of the molecule is CC(C)CO[C@@H]1[C@@H](CC2CCCC2)COC[C@H](N)C(=O)O[C@H]1C.Cl. The second-order valence-electron chi connectivity index (χ2n) is 7.62. The minimum atomic E-state index is -0.701. The summed E-state index contributed by atoms with van der Waals surface area (Å²) in [5.74, 6) is 1.05. The van der Waals surface area contributed by atoms with Gasteiger partial charge in [-0.05, 0) is 25.2 Å². The van der Waals surface area contributed by atoms with Crippen LogP contribution in [0.15, 0.2) is 0 Å². The molecule has 5 nitrogen and oxygen atoms in total. The van der Waals surface area contributed by atoms with E-state index in [1.165, 1.54) is 25.7 Å². The summed E-state index contributed by atoms with van der Waals surface area (Å²) in [5.41, 5.74) is 5.82. The van der Waals surface area contributed by atoms with E-state index in [2.05, 4.69) is 13.8 Å². The van der Waals surface area contributed by atoms with Gasteiger partial charge in [0.2, 0.25) is 0 Å². The van der Waals surface area contributed by atoms with Gasteiger partial charge in [0.05, 0.1) is 19.3 Å². The fourth-order valence-corrected chi connectivity index (χ4v) is 3.68. The number of ether oxygens (including phenoxy) is 3. The van der Waals surface area contributed by atoms with Crippen LogP contribution in [0.4, 0.5) is 0 Å². The number of carbonyl (C=O) groups excluding carboxylic acids is 1. The fourth-order valence-electron chi connectivity index (χ4n) is 3.68. The first-order chi connectivity index (χ1) is 11.0. The van der Waals surface area contributed by atoms with Crippen LogP contribution in [0.25, 0.3) is 0 Å². The molecule has 0 aromatic heterocycles. The van der Waals surface area contributed by atoms with Gasteiger partial charge in [-0.3, -0.25) is 4.79 Å². The Morgan fingerprint density at radius 3 is 2.54 bits per heavy atom. The maximum atomic E-state index is 12.0. The monoisotopic (exact) mass is 363 g/mol. The summed E-state index contributed by atoms with van der Waals surface area (Å²) in [6.07, 6.45) is 5.91. The summed E-state index contributed by atoms with van der Waals surface area (Å²) in [7, 11) is 0. The van der Waals surface area contributed by atoms with E-state index in [9.17, 15) is 4.79 Å². The fraction of sp³-hybridized carbons (Fsp3) is 0.944. The van der Waals surface area contributed by atoms with Gasteiger partial charge in [0.1, 0.15) is 12.1 Å². The summed E-state index contributed by atoms with van der Waals surface area (Å²) in [4.78, 5) is 12.0. The Balaban J connectivity index is 0.00000288. The average Bonchev–Trinajstić information content (AvgIpc) is 2.99. The van der Waals surface area contributed by atoms with Crippen molar-refractivity contribution in [2.75, 3.05) is 19.8 Å². The number of hydrogen-bond donors (Lipinski definition) is 1. The van der Waals surface area contributed by atoms with E-state index in [1.807, 2.05) is 6.92 Å². The number of carbonyl (C=O) groups is 1. The van der Waals surface area contributed by atoms with Gasteiger partial charge in [0, 0.05) is 12.5 Å². The molecule has 2 aliphatic rings. The van der Waals surface area contributed by atoms with E-state index in [0.717, 1.165) is 12.3 Å². The summed E-state index contributed by atoms with van der Waals surface area (Å²) >= 11 is 0. The molecule has 1 heterocycles. The highest BCUT2D eigenvalue weighted by Gasteiger charge is 2.35. The van der Waals surface area contributed by atoms with Gasteiger partial charge >= 0.3 is 5.97 Å². The van der Waals surface area contributed by atoms with Crippen LogP contribution in [0.5, 0.6) is 0 Å². The van der Waals surface area contributed by atoms with Crippen LogP contribution in [-0.2, 0) is 19.0 Å². The van der Waals surface area contributed by atoms with Crippen LogP contribution in [0, 0.1) is 17.8 Å². The molecule has 0 spiro atoms. The number of nitrogens with two attached hydrogens (primary N) is 1. The highest BCUT2D eigenvalue weighted by atomic mass is 35.5. The highest BCUT2D eigenvalue weighted by Crippen LogP contribution is 2.33. The van der Waals surface area contributed by atoms with Crippen molar-refractivity contribution < 1.29 is 19.0 Å². The quantitative estimate of drug-likeness (QED) is 0.760. The molecule has 1 aliphatic heterocycles. The number of cyclic esters (lactones) is 1. The molecule has 0 bridgehead atoms. The van der Waals surface area contributed by atoms with Crippen molar-refractivity contribution in [1.29, 1.82) is 0 Å². The molecule has 0 radical (unpaired) electrons. The second kappa shape index (κ2) is 10.6. The first-order valence-corrected chi connectivity index (χ1v) is 9.12. The second-order valence-corrected chi connectivity index (χ2v) is 7.62. The highest BCUT2D eigenvalue weighted by molar-refractivity contribution is 5.85. The maximum absolute atomic E-state index is 12.0. The summed E-state index contributed by atoms with van der Waals surface area (Å²) in [6, 6.07) is -0.701. The lowest BCUT2D eigenvalue weighted by atomic mass is 9.87. The van der Waals surface area contributed by atoms with E-state index in [0.29, 0.717) is 19.1 Å². The lowest BCUT2D eigenvalue weighted by Gasteiger charge is -2.32. The number of rotatable bonds is 5. The molecule has 6 heteroatoms. The largest absolute Gasteiger partial charge is 0.459 e. The van der Waals surface area contributed by atoms with Gasteiger partial charge in [0.15, 0.2) is 0 Å². The lowest BCUT2D eigenvalue weighted by molar-refractivity contribution is -0.160. The molecule has 142 valence electrons. The number of halogens is 1. The molecule has 0 amide bonds. The van der Waals surface area contributed by atoms with Crippen molar-refractivity contribution in [2.45, 2.75) is 71.1 Å².